The minimum Gasteiger partial charge on any atom is -0.376 e. The van der Waals surface area contributed by atoms with Crippen molar-refractivity contribution in [2.45, 2.75) is 32.8 Å². The average molecular weight is 383 g/mol. The third kappa shape index (κ3) is 3.34. The Labute approximate surface area is 142 Å². The maximum absolute atomic E-state index is 12.6. The molecule has 6 heteroatoms. The van der Waals surface area contributed by atoms with Gasteiger partial charge in [0.1, 0.15) is 0 Å². The summed E-state index contributed by atoms with van der Waals surface area (Å²) in [4.78, 5) is 19.1. The molecule has 1 aliphatic heterocycles. The zero-order chi connectivity index (χ0) is 15.7. The quantitative estimate of drug-likeness (QED) is 0.794. The smallest absolute Gasteiger partial charge is 0.231 e. The summed E-state index contributed by atoms with van der Waals surface area (Å²) < 4.78 is 7.81. The number of hydrogen-bond acceptors (Lipinski definition) is 4. The first kappa shape index (κ1) is 15.9. The minimum atomic E-state index is -0.0554. The summed E-state index contributed by atoms with van der Waals surface area (Å²) in [5, 5.41) is 0.766. The molecule has 1 aromatic carbocycles. The van der Waals surface area contributed by atoms with Crippen LogP contribution >= 0.6 is 27.3 Å². The van der Waals surface area contributed by atoms with E-state index in [9.17, 15) is 4.79 Å². The number of fused-ring (bicyclic) bond motifs is 1. The van der Waals surface area contributed by atoms with Crippen molar-refractivity contribution in [1.82, 2.24) is 4.98 Å². The molecule has 0 saturated carbocycles. The van der Waals surface area contributed by atoms with E-state index in [1.807, 2.05) is 32.0 Å². The predicted octanol–water partition coefficient (Wildman–Crippen LogP) is 4.23. The van der Waals surface area contributed by atoms with Gasteiger partial charge >= 0.3 is 0 Å². The molecule has 0 N–H and O–H groups in total. The zero-order valence-corrected chi connectivity index (χ0v) is 15.1. The van der Waals surface area contributed by atoms with Gasteiger partial charge in [0, 0.05) is 17.0 Å². The van der Waals surface area contributed by atoms with Crippen molar-refractivity contribution >= 4 is 48.5 Å². The number of rotatable bonds is 4. The normalized spacial score (nSPS) is 18.3. The molecule has 22 heavy (non-hydrogen) atoms. The lowest BCUT2D eigenvalue weighted by molar-refractivity contribution is -0.121. The summed E-state index contributed by atoms with van der Waals surface area (Å²) in [7, 11) is 0. The molecule has 2 aromatic rings. The fourth-order valence-corrected chi connectivity index (χ4v) is 4.10. The summed E-state index contributed by atoms with van der Waals surface area (Å²) in [5.41, 5.74) is 0.928. The number of halogens is 1. The monoisotopic (exact) mass is 382 g/mol. The lowest BCUT2D eigenvalue weighted by Crippen LogP contribution is -2.39. The van der Waals surface area contributed by atoms with Gasteiger partial charge < -0.3 is 4.74 Å². The maximum Gasteiger partial charge on any atom is 0.231 e. The molecule has 0 spiro atoms. The number of amides is 1. The second kappa shape index (κ2) is 6.64. The van der Waals surface area contributed by atoms with E-state index in [2.05, 4.69) is 20.9 Å². The Morgan fingerprint density at radius 3 is 3.05 bits per heavy atom. The molecule has 1 unspecified atom stereocenters. The van der Waals surface area contributed by atoms with Crippen LogP contribution in [-0.2, 0) is 9.53 Å². The number of hydrogen-bond donors (Lipinski definition) is 0. The zero-order valence-electron chi connectivity index (χ0n) is 12.7. The Kier molecular flexibility index (Phi) is 4.80. The molecule has 1 saturated heterocycles. The molecule has 1 aliphatic rings. The number of ether oxygens (including phenoxy) is 1. The predicted molar refractivity (Wildman–Crippen MR) is 93.5 cm³/mol. The van der Waals surface area contributed by atoms with Gasteiger partial charge in [-0.25, -0.2) is 4.98 Å². The van der Waals surface area contributed by atoms with E-state index in [0.29, 0.717) is 6.54 Å². The van der Waals surface area contributed by atoms with Crippen LogP contribution in [0, 0.1) is 5.92 Å². The Hall–Kier alpha value is -0.980. The number of carbonyl (C=O) groups is 1. The molecule has 1 atom stereocenters. The van der Waals surface area contributed by atoms with Crippen LogP contribution in [0.4, 0.5) is 5.13 Å². The van der Waals surface area contributed by atoms with E-state index in [1.54, 1.807) is 16.2 Å². The van der Waals surface area contributed by atoms with Crippen molar-refractivity contribution in [2.75, 3.05) is 18.1 Å². The Morgan fingerprint density at radius 1 is 1.55 bits per heavy atom. The molecular weight excluding hydrogens is 364 g/mol. The first-order valence-corrected chi connectivity index (χ1v) is 9.14. The van der Waals surface area contributed by atoms with E-state index in [0.717, 1.165) is 39.3 Å². The topological polar surface area (TPSA) is 42.4 Å². The third-order valence-electron chi connectivity index (χ3n) is 3.74. The number of carbonyl (C=O) groups excluding carboxylic acids is 1. The van der Waals surface area contributed by atoms with Crippen LogP contribution in [0.15, 0.2) is 22.7 Å². The van der Waals surface area contributed by atoms with Crippen LogP contribution in [0.1, 0.15) is 26.7 Å². The summed E-state index contributed by atoms with van der Waals surface area (Å²) in [6.45, 7) is 5.24. The molecule has 1 aromatic heterocycles. The van der Waals surface area contributed by atoms with E-state index in [-0.39, 0.29) is 17.9 Å². The van der Waals surface area contributed by atoms with Gasteiger partial charge in [-0.05, 0) is 31.0 Å². The van der Waals surface area contributed by atoms with Gasteiger partial charge in [-0.2, -0.15) is 0 Å². The Balaban J connectivity index is 1.93. The molecule has 0 bridgehead atoms. The number of thiazole rings is 1. The first-order valence-electron chi connectivity index (χ1n) is 7.53. The molecule has 118 valence electrons. The van der Waals surface area contributed by atoms with Gasteiger partial charge in [0.25, 0.3) is 0 Å². The number of anilines is 1. The molecule has 3 rings (SSSR count). The molecule has 2 heterocycles. The van der Waals surface area contributed by atoms with Crippen molar-refractivity contribution in [3.63, 3.8) is 0 Å². The molecule has 0 aliphatic carbocycles. The lowest BCUT2D eigenvalue weighted by atomic mass is 10.1. The SMILES string of the molecule is CC(C)C(=O)N(CC1CCCO1)c1nc2ccc(Br)cc2s1. The summed E-state index contributed by atoms with van der Waals surface area (Å²) in [6, 6.07) is 5.99. The van der Waals surface area contributed by atoms with Crippen LogP contribution in [0.3, 0.4) is 0 Å². The number of aromatic nitrogens is 1. The average Bonchev–Trinajstić information content (AvgIpc) is 3.12. The van der Waals surface area contributed by atoms with Crippen molar-refractivity contribution < 1.29 is 9.53 Å². The first-order chi connectivity index (χ1) is 10.5. The van der Waals surface area contributed by atoms with Gasteiger partial charge in [0.15, 0.2) is 5.13 Å². The number of nitrogens with zero attached hydrogens (tertiary/aromatic N) is 2. The highest BCUT2D eigenvalue weighted by Gasteiger charge is 2.27. The minimum absolute atomic E-state index is 0.0554. The van der Waals surface area contributed by atoms with Crippen molar-refractivity contribution in [1.29, 1.82) is 0 Å². The summed E-state index contributed by atoms with van der Waals surface area (Å²) in [6.07, 6.45) is 2.21. The largest absolute Gasteiger partial charge is 0.376 e. The molecule has 1 amide bonds. The van der Waals surface area contributed by atoms with E-state index in [4.69, 9.17) is 4.74 Å². The van der Waals surface area contributed by atoms with Crippen LogP contribution in [0.5, 0.6) is 0 Å². The van der Waals surface area contributed by atoms with Gasteiger partial charge in [0.05, 0.1) is 22.9 Å². The van der Waals surface area contributed by atoms with Gasteiger partial charge in [-0.15, -0.1) is 0 Å². The third-order valence-corrected chi connectivity index (χ3v) is 5.27. The van der Waals surface area contributed by atoms with Crippen LogP contribution in [-0.4, -0.2) is 30.1 Å². The van der Waals surface area contributed by atoms with Crippen LogP contribution in [0.25, 0.3) is 10.2 Å². The molecule has 1 fully saturated rings. The van der Waals surface area contributed by atoms with E-state index in [1.165, 1.54) is 0 Å². The van der Waals surface area contributed by atoms with E-state index >= 15 is 0 Å². The number of benzene rings is 1. The second-order valence-electron chi connectivity index (χ2n) is 5.85. The summed E-state index contributed by atoms with van der Waals surface area (Å²) in [5.74, 6) is 0.0498. The van der Waals surface area contributed by atoms with E-state index < -0.39 is 0 Å². The second-order valence-corrected chi connectivity index (χ2v) is 7.77. The summed E-state index contributed by atoms with van der Waals surface area (Å²) >= 11 is 5.04. The fourth-order valence-electron chi connectivity index (χ4n) is 2.57. The Morgan fingerprint density at radius 2 is 2.36 bits per heavy atom. The standard InChI is InChI=1S/C16H19BrN2O2S/c1-10(2)15(20)19(9-12-4-3-7-21-12)16-18-13-6-5-11(17)8-14(13)22-16/h5-6,8,10,12H,3-4,7,9H2,1-2H3. The van der Waals surface area contributed by atoms with Crippen molar-refractivity contribution in [2.24, 2.45) is 5.92 Å². The molecule has 4 nitrogen and oxygen atoms in total. The van der Waals surface area contributed by atoms with Gasteiger partial charge in [-0.3, -0.25) is 9.69 Å². The van der Waals surface area contributed by atoms with Crippen molar-refractivity contribution in [3.05, 3.63) is 22.7 Å². The van der Waals surface area contributed by atoms with Gasteiger partial charge in [-0.1, -0.05) is 41.1 Å². The maximum atomic E-state index is 12.6. The molecular formula is C16H19BrN2O2S. The van der Waals surface area contributed by atoms with Crippen molar-refractivity contribution in [3.8, 4) is 0 Å². The van der Waals surface area contributed by atoms with Crippen LogP contribution < -0.4 is 4.90 Å². The van der Waals surface area contributed by atoms with Gasteiger partial charge in [0.2, 0.25) is 5.91 Å². The van der Waals surface area contributed by atoms with Crippen LogP contribution in [0.2, 0.25) is 0 Å². The molecule has 0 radical (unpaired) electrons. The highest BCUT2D eigenvalue weighted by atomic mass is 79.9. The fraction of sp³-hybridized carbons (Fsp3) is 0.500. The highest BCUT2D eigenvalue weighted by Crippen LogP contribution is 2.32. The highest BCUT2D eigenvalue weighted by molar-refractivity contribution is 9.10. The lowest BCUT2D eigenvalue weighted by Gasteiger charge is -2.24. The Bertz CT molecular complexity index is 680.